The number of carbonyl (C=O) groups is 2. The Balaban J connectivity index is 1.51. The zero-order valence-corrected chi connectivity index (χ0v) is 14.0. The molecule has 2 amide bonds. The van der Waals surface area contributed by atoms with Crippen LogP contribution in [0.4, 0.5) is 5.69 Å². The standard InChI is InChI=1S/C18H18N4O3/c1-17-7-8-18(2,25-17)13-12(17)15(23)22(16(13)24)11-5-3-10(4-6-11)14-19-9-20-21-14/h3-6,9,12-13H,7-8H2,1-2H3,(H,19,20,21)/t12-,13+,17-,18?/m1/s1. The fourth-order valence-corrected chi connectivity index (χ4v) is 4.83. The van der Waals surface area contributed by atoms with E-state index in [9.17, 15) is 9.59 Å². The second-order valence-corrected chi connectivity index (χ2v) is 7.56. The first-order valence-electron chi connectivity index (χ1n) is 8.47. The molecule has 7 heteroatoms. The lowest BCUT2D eigenvalue weighted by molar-refractivity contribution is -0.129. The molecule has 0 aliphatic carbocycles. The van der Waals surface area contributed by atoms with E-state index in [1.54, 1.807) is 12.1 Å². The van der Waals surface area contributed by atoms with Crippen molar-refractivity contribution in [1.82, 2.24) is 15.2 Å². The van der Waals surface area contributed by atoms with Crippen LogP contribution >= 0.6 is 0 Å². The Kier molecular flexibility index (Phi) is 2.69. The summed E-state index contributed by atoms with van der Waals surface area (Å²) in [6, 6.07) is 7.19. The van der Waals surface area contributed by atoms with Crippen molar-refractivity contribution in [2.45, 2.75) is 37.9 Å². The highest BCUT2D eigenvalue weighted by Crippen LogP contribution is 2.60. The monoisotopic (exact) mass is 338 g/mol. The number of carbonyl (C=O) groups excluding carboxylic acids is 2. The predicted octanol–water partition coefficient (Wildman–Crippen LogP) is 1.92. The number of hydrogen-bond donors (Lipinski definition) is 1. The highest BCUT2D eigenvalue weighted by atomic mass is 16.5. The molecule has 1 unspecified atom stereocenters. The SMILES string of the molecule is CC12CC[C@@](C)(O1)[C@H]1C(=O)N(c3ccc(-c4nc[nH]n4)cc3)C(=O)[C@H]12. The normalized spacial score (nSPS) is 36.3. The van der Waals surface area contributed by atoms with Gasteiger partial charge in [-0.2, -0.15) is 5.10 Å². The number of amides is 2. The first kappa shape index (κ1) is 14.8. The van der Waals surface area contributed by atoms with Gasteiger partial charge in [0, 0.05) is 5.56 Å². The van der Waals surface area contributed by atoms with Crippen LogP contribution in [0.2, 0.25) is 0 Å². The molecule has 4 atom stereocenters. The third kappa shape index (κ3) is 1.79. The Morgan fingerprint density at radius 3 is 2.20 bits per heavy atom. The first-order chi connectivity index (χ1) is 11.9. The molecule has 1 N–H and O–H groups in total. The Morgan fingerprint density at radius 1 is 1.08 bits per heavy atom. The van der Waals surface area contributed by atoms with Crippen LogP contribution in [0.15, 0.2) is 30.6 Å². The fraction of sp³-hybridized carbons (Fsp3) is 0.444. The summed E-state index contributed by atoms with van der Waals surface area (Å²) in [5.74, 6) is -0.482. The molecule has 0 saturated carbocycles. The van der Waals surface area contributed by atoms with Crippen molar-refractivity contribution < 1.29 is 14.3 Å². The zero-order chi connectivity index (χ0) is 17.4. The van der Waals surface area contributed by atoms with Gasteiger partial charge in [-0.15, -0.1) is 0 Å². The van der Waals surface area contributed by atoms with Crippen molar-refractivity contribution >= 4 is 17.5 Å². The van der Waals surface area contributed by atoms with Crippen molar-refractivity contribution in [3.63, 3.8) is 0 Å². The van der Waals surface area contributed by atoms with Crippen LogP contribution in [-0.2, 0) is 14.3 Å². The van der Waals surface area contributed by atoms with E-state index in [2.05, 4.69) is 15.2 Å². The van der Waals surface area contributed by atoms with Gasteiger partial charge >= 0.3 is 0 Å². The Labute approximate surface area is 144 Å². The number of anilines is 1. The number of fused-ring (bicyclic) bond motifs is 5. The van der Waals surface area contributed by atoms with Gasteiger partial charge in [-0.25, -0.2) is 9.88 Å². The summed E-state index contributed by atoms with van der Waals surface area (Å²) in [7, 11) is 0. The first-order valence-corrected chi connectivity index (χ1v) is 8.47. The summed E-state index contributed by atoms with van der Waals surface area (Å²) in [5.41, 5.74) is 0.363. The van der Waals surface area contributed by atoms with E-state index >= 15 is 0 Å². The number of hydrogen-bond acceptors (Lipinski definition) is 5. The summed E-state index contributed by atoms with van der Waals surface area (Å²) in [4.78, 5) is 31.5. The van der Waals surface area contributed by atoms with E-state index in [1.165, 1.54) is 11.2 Å². The summed E-state index contributed by atoms with van der Waals surface area (Å²) in [6.45, 7) is 3.92. The van der Waals surface area contributed by atoms with E-state index in [0.29, 0.717) is 11.5 Å². The summed E-state index contributed by atoms with van der Waals surface area (Å²) in [6.07, 6.45) is 3.15. The van der Waals surface area contributed by atoms with E-state index in [0.717, 1.165) is 18.4 Å². The number of imide groups is 1. The minimum Gasteiger partial charge on any atom is -0.367 e. The molecule has 3 aliphatic heterocycles. The van der Waals surface area contributed by atoms with Crippen molar-refractivity contribution in [3.05, 3.63) is 30.6 Å². The van der Waals surface area contributed by atoms with Gasteiger partial charge in [0.25, 0.3) is 0 Å². The van der Waals surface area contributed by atoms with Crippen LogP contribution in [0.1, 0.15) is 26.7 Å². The smallest absolute Gasteiger partial charge is 0.240 e. The lowest BCUT2D eigenvalue weighted by Crippen LogP contribution is -2.40. The molecule has 5 rings (SSSR count). The largest absolute Gasteiger partial charge is 0.367 e. The number of nitrogens with one attached hydrogen (secondary N) is 1. The third-order valence-corrected chi connectivity index (χ3v) is 6.00. The van der Waals surface area contributed by atoms with E-state index < -0.39 is 11.2 Å². The number of H-pyrrole nitrogens is 1. The topological polar surface area (TPSA) is 88.2 Å². The van der Waals surface area contributed by atoms with Gasteiger partial charge in [0.05, 0.1) is 28.7 Å². The maximum Gasteiger partial charge on any atom is 0.240 e. The van der Waals surface area contributed by atoms with Crippen LogP contribution in [-0.4, -0.2) is 38.2 Å². The van der Waals surface area contributed by atoms with Crippen molar-refractivity contribution in [2.24, 2.45) is 11.8 Å². The van der Waals surface area contributed by atoms with Crippen LogP contribution in [0.5, 0.6) is 0 Å². The summed E-state index contributed by atoms with van der Waals surface area (Å²) in [5, 5.41) is 6.71. The maximum atomic E-state index is 13.0. The average molecular weight is 338 g/mol. The molecule has 3 fully saturated rings. The summed E-state index contributed by atoms with van der Waals surface area (Å²) >= 11 is 0. The molecule has 4 heterocycles. The van der Waals surface area contributed by atoms with Gasteiger partial charge in [-0.1, -0.05) is 0 Å². The van der Waals surface area contributed by atoms with Crippen LogP contribution in [0.25, 0.3) is 11.4 Å². The highest BCUT2D eigenvalue weighted by Gasteiger charge is 2.72. The van der Waals surface area contributed by atoms with E-state index in [-0.39, 0.29) is 23.7 Å². The molecule has 0 spiro atoms. The number of aromatic nitrogens is 3. The van der Waals surface area contributed by atoms with Crippen LogP contribution in [0.3, 0.4) is 0 Å². The predicted molar refractivity (Wildman–Crippen MR) is 88.4 cm³/mol. The molecule has 25 heavy (non-hydrogen) atoms. The molecule has 7 nitrogen and oxygen atoms in total. The fourth-order valence-electron chi connectivity index (χ4n) is 4.83. The van der Waals surface area contributed by atoms with Gasteiger partial charge in [-0.05, 0) is 51.0 Å². The lowest BCUT2D eigenvalue weighted by atomic mass is 9.69. The van der Waals surface area contributed by atoms with Crippen molar-refractivity contribution in [1.29, 1.82) is 0 Å². The van der Waals surface area contributed by atoms with Crippen molar-refractivity contribution in [2.75, 3.05) is 4.90 Å². The average Bonchev–Trinajstić information content (AvgIpc) is 3.31. The molecule has 0 radical (unpaired) electrons. The Morgan fingerprint density at radius 2 is 1.68 bits per heavy atom. The molecule has 128 valence electrons. The highest BCUT2D eigenvalue weighted by molar-refractivity contribution is 6.23. The number of nitrogens with zero attached hydrogens (tertiary/aromatic N) is 3. The maximum absolute atomic E-state index is 13.0. The second kappa shape index (κ2) is 4.54. The van der Waals surface area contributed by atoms with E-state index in [4.69, 9.17) is 4.74 Å². The Bertz CT molecular complexity index is 844. The van der Waals surface area contributed by atoms with Gasteiger partial charge in [0.1, 0.15) is 6.33 Å². The number of rotatable bonds is 2. The van der Waals surface area contributed by atoms with Gasteiger partial charge in [0.2, 0.25) is 11.8 Å². The van der Waals surface area contributed by atoms with E-state index in [1.807, 2.05) is 26.0 Å². The van der Waals surface area contributed by atoms with Gasteiger partial charge in [-0.3, -0.25) is 14.7 Å². The molecule has 3 aliphatic rings. The minimum atomic E-state index is -0.528. The molecule has 2 bridgehead atoms. The molecule has 1 aromatic heterocycles. The Hall–Kier alpha value is -2.54. The zero-order valence-electron chi connectivity index (χ0n) is 14.0. The second-order valence-electron chi connectivity index (χ2n) is 7.56. The molecular formula is C18H18N4O3. The third-order valence-electron chi connectivity index (χ3n) is 6.00. The number of aromatic amines is 1. The molecule has 1 aromatic carbocycles. The molecule has 2 aromatic rings. The van der Waals surface area contributed by atoms with Gasteiger partial charge in [0.15, 0.2) is 5.82 Å². The number of benzene rings is 1. The minimum absolute atomic E-state index is 0.147. The molecule has 3 saturated heterocycles. The van der Waals surface area contributed by atoms with Crippen molar-refractivity contribution in [3.8, 4) is 11.4 Å². The van der Waals surface area contributed by atoms with Gasteiger partial charge < -0.3 is 4.74 Å². The summed E-state index contributed by atoms with van der Waals surface area (Å²) < 4.78 is 6.12. The quantitative estimate of drug-likeness (QED) is 0.845. The van der Waals surface area contributed by atoms with Crippen LogP contribution < -0.4 is 4.90 Å². The number of ether oxygens (including phenoxy) is 1. The lowest BCUT2D eigenvalue weighted by Gasteiger charge is -2.27. The molecular weight excluding hydrogens is 320 g/mol. The van der Waals surface area contributed by atoms with Crippen LogP contribution in [0, 0.1) is 11.8 Å².